The van der Waals surface area contributed by atoms with Gasteiger partial charge in [-0.15, -0.1) is 0 Å². The third-order valence-corrected chi connectivity index (χ3v) is 3.10. The third kappa shape index (κ3) is 3.28. The van der Waals surface area contributed by atoms with Crippen molar-refractivity contribution in [3.63, 3.8) is 0 Å². The van der Waals surface area contributed by atoms with Gasteiger partial charge < -0.3 is 10.5 Å². The Kier molecular flexibility index (Phi) is 3.52. The molecule has 0 radical (unpaired) electrons. The molecule has 0 aromatic heterocycles. The van der Waals surface area contributed by atoms with E-state index < -0.39 is 0 Å². The summed E-state index contributed by atoms with van der Waals surface area (Å²) >= 11 is 0. The molecule has 0 aliphatic heterocycles. The summed E-state index contributed by atoms with van der Waals surface area (Å²) in [4.78, 5) is 0. The summed E-state index contributed by atoms with van der Waals surface area (Å²) in [7, 11) is 0. The van der Waals surface area contributed by atoms with E-state index in [4.69, 9.17) is 10.5 Å². The van der Waals surface area contributed by atoms with Crippen LogP contribution in [0.1, 0.15) is 31.9 Å². The first-order valence-electron chi connectivity index (χ1n) is 6.51. The van der Waals surface area contributed by atoms with Gasteiger partial charge in [0.25, 0.3) is 0 Å². The van der Waals surface area contributed by atoms with Gasteiger partial charge in [-0.3, -0.25) is 0 Å². The van der Waals surface area contributed by atoms with E-state index in [2.05, 4.69) is 32.9 Å². The smallest absolute Gasteiger partial charge is 0.150 e. The fourth-order valence-electron chi connectivity index (χ4n) is 1.88. The Morgan fingerprint density at radius 2 is 1.74 bits per heavy atom. The van der Waals surface area contributed by atoms with Gasteiger partial charge in [-0.25, -0.2) is 0 Å². The SMILES string of the molecule is Cc1ccc(N)c(Oc2cccc(C(C)(C)C)c2)c1. The largest absolute Gasteiger partial charge is 0.455 e. The van der Waals surface area contributed by atoms with Gasteiger partial charge in [-0.1, -0.05) is 39.0 Å². The molecule has 0 aliphatic rings. The van der Waals surface area contributed by atoms with Crippen molar-refractivity contribution < 1.29 is 4.74 Å². The molecule has 0 unspecified atom stereocenters. The normalized spacial score (nSPS) is 11.4. The summed E-state index contributed by atoms with van der Waals surface area (Å²) in [6.45, 7) is 8.59. The number of anilines is 1. The molecule has 2 aromatic rings. The van der Waals surface area contributed by atoms with Crippen LogP contribution in [0.2, 0.25) is 0 Å². The zero-order chi connectivity index (χ0) is 14.0. The predicted octanol–water partition coefficient (Wildman–Crippen LogP) is 4.67. The Hall–Kier alpha value is -1.96. The van der Waals surface area contributed by atoms with E-state index in [9.17, 15) is 0 Å². The lowest BCUT2D eigenvalue weighted by atomic mass is 9.87. The molecule has 0 saturated carbocycles. The maximum absolute atomic E-state index is 5.94. The topological polar surface area (TPSA) is 35.2 Å². The van der Waals surface area contributed by atoms with E-state index >= 15 is 0 Å². The van der Waals surface area contributed by atoms with Crippen LogP contribution in [0.3, 0.4) is 0 Å². The highest BCUT2D eigenvalue weighted by molar-refractivity contribution is 5.55. The lowest BCUT2D eigenvalue weighted by molar-refractivity contribution is 0.480. The Labute approximate surface area is 115 Å². The Morgan fingerprint density at radius 3 is 2.42 bits per heavy atom. The van der Waals surface area contributed by atoms with Gasteiger partial charge in [-0.05, 0) is 47.7 Å². The third-order valence-electron chi connectivity index (χ3n) is 3.10. The van der Waals surface area contributed by atoms with Crippen LogP contribution in [0.15, 0.2) is 42.5 Å². The molecule has 2 aromatic carbocycles. The van der Waals surface area contributed by atoms with Crippen LogP contribution < -0.4 is 10.5 Å². The summed E-state index contributed by atoms with van der Waals surface area (Å²) in [5.41, 5.74) is 9.09. The maximum atomic E-state index is 5.94. The maximum Gasteiger partial charge on any atom is 0.150 e. The minimum atomic E-state index is 0.109. The molecule has 2 heteroatoms. The van der Waals surface area contributed by atoms with E-state index in [1.54, 1.807) is 0 Å². The van der Waals surface area contributed by atoms with Crippen LogP contribution in [-0.4, -0.2) is 0 Å². The molecule has 0 heterocycles. The van der Waals surface area contributed by atoms with Crippen LogP contribution in [0.4, 0.5) is 5.69 Å². The minimum Gasteiger partial charge on any atom is -0.455 e. The standard InChI is InChI=1S/C17H21NO/c1-12-8-9-15(18)16(10-12)19-14-7-5-6-13(11-14)17(2,3)4/h5-11H,18H2,1-4H3. The molecule has 2 N–H and O–H groups in total. The van der Waals surface area contributed by atoms with Crippen LogP contribution in [0, 0.1) is 6.92 Å². The molecule has 0 fully saturated rings. The Morgan fingerprint density at radius 1 is 1.00 bits per heavy atom. The number of benzene rings is 2. The van der Waals surface area contributed by atoms with Crippen molar-refractivity contribution in [1.29, 1.82) is 0 Å². The summed E-state index contributed by atoms with van der Waals surface area (Å²) in [6.07, 6.45) is 0. The molecule has 0 aliphatic carbocycles. The molecule has 0 spiro atoms. The monoisotopic (exact) mass is 255 g/mol. The van der Waals surface area contributed by atoms with Crippen molar-refractivity contribution in [2.45, 2.75) is 33.1 Å². The lowest BCUT2D eigenvalue weighted by Crippen LogP contribution is -2.10. The Bertz CT molecular complexity index is 582. The summed E-state index contributed by atoms with van der Waals surface area (Å²) < 4.78 is 5.90. The average molecular weight is 255 g/mol. The fourth-order valence-corrected chi connectivity index (χ4v) is 1.88. The van der Waals surface area contributed by atoms with Gasteiger partial charge in [0.1, 0.15) is 5.75 Å². The molecule has 2 rings (SSSR count). The predicted molar refractivity (Wildman–Crippen MR) is 80.8 cm³/mol. The first-order chi connectivity index (χ1) is 8.86. The molecule has 0 bridgehead atoms. The van der Waals surface area contributed by atoms with Gasteiger partial charge in [0.2, 0.25) is 0 Å². The first kappa shape index (κ1) is 13.5. The molecule has 0 atom stereocenters. The van der Waals surface area contributed by atoms with Crippen molar-refractivity contribution in [3.05, 3.63) is 53.6 Å². The van der Waals surface area contributed by atoms with Crippen LogP contribution in [0.25, 0.3) is 0 Å². The van der Waals surface area contributed by atoms with Gasteiger partial charge in [0, 0.05) is 0 Å². The summed E-state index contributed by atoms with van der Waals surface area (Å²) in [5, 5.41) is 0. The van der Waals surface area contributed by atoms with Crippen molar-refractivity contribution in [1.82, 2.24) is 0 Å². The first-order valence-corrected chi connectivity index (χ1v) is 6.51. The van der Waals surface area contributed by atoms with Crippen LogP contribution >= 0.6 is 0 Å². The average Bonchev–Trinajstić information content (AvgIpc) is 2.33. The van der Waals surface area contributed by atoms with Crippen molar-refractivity contribution in [2.75, 3.05) is 5.73 Å². The van der Waals surface area contributed by atoms with E-state index in [1.165, 1.54) is 5.56 Å². The molecule has 2 nitrogen and oxygen atoms in total. The highest BCUT2D eigenvalue weighted by Gasteiger charge is 2.14. The number of aryl methyl sites for hydroxylation is 1. The highest BCUT2D eigenvalue weighted by atomic mass is 16.5. The summed E-state index contributed by atoms with van der Waals surface area (Å²) in [6, 6.07) is 14.0. The number of hydrogen-bond acceptors (Lipinski definition) is 2. The number of nitrogen functional groups attached to an aromatic ring is 1. The number of hydrogen-bond donors (Lipinski definition) is 1. The molecule has 0 saturated heterocycles. The second kappa shape index (κ2) is 4.96. The van der Waals surface area contributed by atoms with E-state index in [0.717, 1.165) is 11.3 Å². The lowest BCUT2D eigenvalue weighted by Gasteiger charge is -2.20. The molecule has 19 heavy (non-hydrogen) atoms. The minimum absolute atomic E-state index is 0.109. The van der Waals surface area contributed by atoms with Gasteiger partial charge in [0.15, 0.2) is 5.75 Å². The fraction of sp³-hybridized carbons (Fsp3) is 0.294. The van der Waals surface area contributed by atoms with Crippen molar-refractivity contribution >= 4 is 5.69 Å². The highest BCUT2D eigenvalue weighted by Crippen LogP contribution is 2.31. The van der Waals surface area contributed by atoms with E-state index in [0.29, 0.717) is 11.4 Å². The number of rotatable bonds is 2. The number of ether oxygens (including phenoxy) is 1. The van der Waals surface area contributed by atoms with E-state index in [1.807, 2.05) is 37.3 Å². The zero-order valence-electron chi connectivity index (χ0n) is 12.0. The summed E-state index contributed by atoms with van der Waals surface area (Å²) in [5.74, 6) is 1.54. The van der Waals surface area contributed by atoms with Crippen molar-refractivity contribution in [3.8, 4) is 11.5 Å². The molecular formula is C17H21NO. The van der Waals surface area contributed by atoms with E-state index in [-0.39, 0.29) is 5.41 Å². The second-order valence-electron chi connectivity index (χ2n) is 5.92. The molecule has 0 amide bonds. The molecule has 100 valence electrons. The van der Waals surface area contributed by atoms with Gasteiger partial charge in [0.05, 0.1) is 5.69 Å². The van der Waals surface area contributed by atoms with Gasteiger partial charge >= 0.3 is 0 Å². The second-order valence-corrected chi connectivity index (χ2v) is 5.92. The zero-order valence-corrected chi connectivity index (χ0v) is 12.0. The van der Waals surface area contributed by atoms with Crippen LogP contribution in [-0.2, 0) is 5.41 Å². The molecular weight excluding hydrogens is 234 g/mol. The van der Waals surface area contributed by atoms with Gasteiger partial charge in [-0.2, -0.15) is 0 Å². The number of nitrogens with two attached hydrogens (primary N) is 1. The Balaban J connectivity index is 2.31. The quantitative estimate of drug-likeness (QED) is 0.792. The van der Waals surface area contributed by atoms with Crippen molar-refractivity contribution in [2.24, 2.45) is 0 Å². The van der Waals surface area contributed by atoms with Crippen LogP contribution in [0.5, 0.6) is 11.5 Å².